The molecule has 2 rings (SSSR count). The first-order valence-corrected chi connectivity index (χ1v) is 8.09. The van der Waals surface area contributed by atoms with Crippen molar-refractivity contribution in [3.8, 4) is 17.2 Å². The second-order valence-electron chi connectivity index (χ2n) is 5.25. The van der Waals surface area contributed by atoms with E-state index in [1.165, 1.54) is 14.2 Å². The van der Waals surface area contributed by atoms with Crippen LogP contribution in [0.5, 0.6) is 17.2 Å². The highest BCUT2D eigenvalue weighted by molar-refractivity contribution is 5.99. The summed E-state index contributed by atoms with van der Waals surface area (Å²) in [6.45, 7) is 0.454. The molecule has 2 N–H and O–H groups in total. The van der Waals surface area contributed by atoms with E-state index in [1.54, 1.807) is 30.3 Å². The highest BCUT2D eigenvalue weighted by atomic mass is 16.5. The molecule has 7 heteroatoms. The minimum Gasteiger partial charge on any atom is -0.496 e. The zero-order valence-electron chi connectivity index (χ0n) is 14.8. The van der Waals surface area contributed by atoms with Gasteiger partial charge in [-0.1, -0.05) is 24.3 Å². The predicted molar refractivity (Wildman–Crippen MR) is 96.8 cm³/mol. The molecule has 2 amide bonds. The maximum Gasteiger partial charge on any atom is 0.258 e. The summed E-state index contributed by atoms with van der Waals surface area (Å²) in [5.41, 5.74) is 0.316. The van der Waals surface area contributed by atoms with E-state index in [0.29, 0.717) is 22.8 Å². The maximum atomic E-state index is 12.4. The summed E-state index contributed by atoms with van der Waals surface area (Å²) in [6.07, 6.45) is 0. The van der Waals surface area contributed by atoms with Crippen LogP contribution in [0.25, 0.3) is 0 Å². The Balaban J connectivity index is 1.76. The predicted octanol–water partition coefficient (Wildman–Crippen LogP) is 1.63. The third kappa shape index (κ3) is 5.41. The molecule has 2 aromatic rings. The Hall–Kier alpha value is -3.22. The number of hydrogen-bond donors (Lipinski definition) is 2. The smallest absolute Gasteiger partial charge is 0.258 e. The number of carbonyl (C=O) groups is 2. The Labute approximate surface area is 152 Å². The van der Waals surface area contributed by atoms with E-state index in [0.717, 1.165) is 0 Å². The molecule has 0 aromatic heterocycles. The first-order valence-electron chi connectivity index (χ1n) is 8.09. The van der Waals surface area contributed by atoms with Crippen molar-refractivity contribution in [1.29, 1.82) is 0 Å². The number of amides is 2. The van der Waals surface area contributed by atoms with Crippen molar-refractivity contribution in [2.75, 3.05) is 33.9 Å². The number of carbonyl (C=O) groups excluding carboxylic acids is 2. The largest absolute Gasteiger partial charge is 0.496 e. The Kier molecular flexibility index (Phi) is 7.30. The average Bonchev–Trinajstić information content (AvgIpc) is 2.69. The van der Waals surface area contributed by atoms with Crippen LogP contribution in [0.1, 0.15) is 10.4 Å². The highest BCUT2D eigenvalue weighted by Crippen LogP contribution is 2.27. The van der Waals surface area contributed by atoms with Gasteiger partial charge in [0.1, 0.15) is 22.8 Å². The van der Waals surface area contributed by atoms with Gasteiger partial charge in [-0.15, -0.1) is 0 Å². The number of methoxy groups -OCH3 is 2. The first kappa shape index (κ1) is 19.1. The summed E-state index contributed by atoms with van der Waals surface area (Å²) in [7, 11) is 2.97. The molecule has 0 fully saturated rings. The first-order chi connectivity index (χ1) is 12.7. The summed E-state index contributed by atoms with van der Waals surface area (Å²) in [6, 6.07) is 14.2. The van der Waals surface area contributed by atoms with Gasteiger partial charge < -0.3 is 24.8 Å². The molecule has 0 aliphatic rings. The lowest BCUT2D eigenvalue weighted by molar-refractivity contribution is -0.123. The highest BCUT2D eigenvalue weighted by Gasteiger charge is 2.17. The Morgan fingerprint density at radius 1 is 0.846 bits per heavy atom. The lowest BCUT2D eigenvalue weighted by atomic mass is 10.1. The Morgan fingerprint density at radius 3 is 2.08 bits per heavy atom. The van der Waals surface area contributed by atoms with Gasteiger partial charge in [0.15, 0.2) is 6.61 Å². The van der Waals surface area contributed by atoms with E-state index in [1.807, 2.05) is 18.2 Å². The lowest BCUT2D eigenvalue weighted by Gasteiger charge is -2.13. The average molecular weight is 358 g/mol. The van der Waals surface area contributed by atoms with E-state index in [9.17, 15) is 9.59 Å². The van der Waals surface area contributed by atoms with Crippen LogP contribution in [0.3, 0.4) is 0 Å². The lowest BCUT2D eigenvalue weighted by Crippen LogP contribution is -2.37. The molecule has 0 aliphatic heterocycles. The molecule has 0 unspecified atom stereocenters. The fourth-order valence-corrected chi connectivity index (χ4v) is 2.26. The van der Waals surface area contributed by atoms with Crippen LogP contribution < -0.4 is 24.8 Å². The third-order valence-electron chi connectivity index (χ3n) is 3.50. The van der Waals surface area contributed by atoms with E-state index in [4.69, 9.17) is 14.2 Å². The van der Waals surface area contributed by atoms with Crippen molar-refractivity contribution in [1.82, 2.24) is 10.6 Å². The van der Waals surface area contributed by atoms with Crippen LogP contribution in [0.15, 0.2) is 48.5 Å². The van der Waals surface area contributed by atoms with Crippen molar-refractivity contribution >= 4 is 11.8 Å². The molecule has 0 heterocycles. The molecular weight excluding hydrogens is 336 g/mol. The van der Waals surface area contributed by atoms with Crippen molar-refractivity contribution in [3.05, 3.63) is 54.1 Å². The van der Waals surface area contributed by atoms with E-state index < -0.39 is 0 Å². The molecule has 26 heavy (non-hydrogen) atoms. The number of hydrogen-bond acceptors (Lipinski definition) is 5. The van der Waals surface area contributed by atoms with Crippen LogP contribution in [0.4, 0.5) is 0 Å². The van der Waals surface area contributed by atoms with Crippen molar-refractivity contribution in [2.24, 2.45) is 0 Å². The number of ether oxygens (including phenoxy) is 3. The maximum absolute atomic E-state index is 12.4. The summed E-state index contributed by atoms with van der Waals surface area (Å²) in [5.74, 6) is 0.857. The van der Waals surface area contributed by atoms with Gasteiger partial charge in [-0.25, -0.2) is 0 Å². The number of rotatable bonds is 9. The molecule has 0 saturated heterocycles. The summed E-state index contributed by atoms with van der Waals surface area (Å²) in [5, 5.41) is 5.40. The van der Waals surface area contributed by atoms with Gasteiger partial charge in [-0.2, -0.15) is 0 Å². The molecule has 0 radical (unpaired) electrons. The summed E-state index contributed by atoms with van der Waals surface area (Å²) in [4.78, 5) is 24.1. The fourth-order valence-electron chi connectivity index (χ4n) is 2.26. The van der Waals surface area contributed by atoms with E-state index >= 15 is 0 Å². The zero-order chi connectivity index (χ0) is 18.8. The minimum atomic E-state index is -0.339. The SMILES string of the molecule is COc1cccc(OC)c1C(=O)NCCNC(=O)COc1ccccc1. The van der Waals surface area contributed by atoms with Gasteiger partial charge in [0.2, 0.25) is 0 Å². The molecule has 138 valence electrons. The molecule has 0 atom stereocenters. The van der Waals surface area contributed by atoms with Crippen molar-refractivity contribution in [2.45, 2.75) is 0 Å². The Bertz CT molecular complexity index is 712. The molecule has 0 aliphatic carbocycles. The van der Waals surface area contributed by atoms with Gasteiger partial charge in [-0.3, -0.25) is 9.59 Å². The standard InChI is InChI=1S/C19H22N2O5/c1-24-15-9-6-10-16(25-2)18(15)19(23)21-12-11-20-17(22)13-26-14-7-4-3-5-8-14/h3-10H,11-13H2,1-2H3,(H,20,22)(H,21,23). The van der Waals surface area contributed by atoms with Crippen LogP contribution in [-0.4, -0.2) is 45.7 Å². The second kappa shape index (κ2) is 9.93. The Morgan fingerprint density at radius 2 is 1.46 bits per heavy atom. The molecule has 0 saturated carbocycles. The topological polar surface area (TPSA) is 85.9 Å². The van der Waals surface area contributed by atoms with E-state index in [2.05, 4.69) is 10.6 Å². The van der Waals surface area contributed by atoms with Crippen LogP contribution in [-0.2, 0) is 4.79 Å². The number of para-hydroxylation sites is 1. The van der Waals surface area contributed by atoms with Gasteiger partial charge >= 0.3 is 0 Å². The summed E-state index contributed by atoms with van der Waals surface area (Å²) >= 11 is 0. The van der Waals surface area contributed by atoms with Gasteiger partial charge in [-0.05, 0) is 24.3 Å². The fraction of sp³-hybridized carbons (Fsp3) is 0.263. The molecule has 7 nitrogen and oxygen atoms in total. The minimum absolute atomic E-state index is 0.0850. The molecular formula is C19H22N2O5. The van der Waals surface area contributed by atoms with Gasteiger partial charge in [0.25, 0.3) is 11.8 Å². The number of benzene rings is 2. The normalized spacial score (nSPS) is 9.92. The van der Waals surface area contributed by atoms with Crippen LogP contribution in [0.2, 0.25) is 0 Å². The van der Waals surface area contributed by atoms with E-state index in [-0.39, 0.29) is 31.5 Å². The van der Waals surface area contributed by atoms with Gasteiger partial charge in [0.05, 0.1) is 14.2 Å². The zero-order valence-corrected chi connectivity index (χ0v) is 14.8. The number of nitrogens with one attached hydrogen (secondary N) is 2. The third-order valence-corrected chi connectivity index (χ3v) is 3.50. The van der Waals surface area contributed by atoms with Gasteiger partial charge in [0, 0.05) is 13.1 Å². The molecule has 0 spiro atoms. The van der Waals surface area contributed by atoms with Crippen molar-refractivity contribution in [3.63, 3.8) is 0 Å². The molecule has 2 aromatic carbocycles. The van der Waals surface area contributed by atoms with Crippen LogP contribution in [0, 0.1) is 0 Å². The second-order valence-corrected chi connectivity index (χ2v) is 5.25. The monoisotopic (exact) mass is 358 g/mol. The van der Waals surface area contributed by atoms with Crippen molar-refractivity contribution < 1.29 is 23.8 Å². The quantitative estimate of drug-likeness (QED) is 0.666. The molecule has 0 bridgehead atoms. The summed E-state index contributed by atoms with van der Waals surface area (Å²) < 4.78 is 15.7. The van der Waals surface area contributed by atoms with Crippen LogP contribution >= 0.6 is 0 Å².